The Morgan fingerprint density at radius 1 is 0.909 bits per heavy atom. The first-order chi connectivity index (χ1) is 16.1. The third-order valence-corrected chi connectivity index (χ3v) is 5.26. The number of fused-ring (bicyclic) bond motifs is 1. The lowest BCUT2D eigenvalue weighted by atomic mass is 10.0. The Hall–Kier alpha value is -4.14. The van der Waals surface area contributed by atoms with Gasteiger partial charge in [0.05, 0.1) is 0 Å². The van der Waals surface area contributed by atoms with Crippen molar-refractivity contribution in [1.82, 2.24) is 20.6 Å². The zero-order valence-corrected chi connectivity index (χ0v) is 18.1. The zero-order valence-electron chi connectivity index (χ0n) is 18.1. The molecule has 1 N–H and O–H groups in total. The van der Waals surface area contributed by atoms with Gasteiger partial charge in [0.1, 0.15) is 19.3 Å². The lowest BCUT2D eigenvalue weighted by Crippen LogP contribution is -2.32. The predicted octanol–water partition coefficient (Wildman–Crippen LogP) is 4.29. The summed E-state index contributed by atoms with van der Waals surface area (Å²) in [7, 11) is 0. The molecule has 0 radical (unpaired) electrons. The van der Waals surface area contributed by atoms with Gasteiger partial charge in [0.25, 0.3) is 5.91 Å². The molecular weight excluding hydrogens is 424 g/mol. The molecule has 4 aromatic rings. The Labute approximate surface area is 189 Å². The van der Waals surface area contributed by atoms with Crippen LogP contribution in [0.5, 0.6) is 11.5 Å². The highest BCUT2D eigenvalue weighted by molar-refractivity contribution is 5.93. The number of carbonyl (C=O) groups is 1. The number of carbonyl (C=O) groups excluding carboxylic acids is 1. The van der Waals surface area contributed by atoms with E-state index in [0.29, 0.717) is 42.2 Å². The lowest BCUT2D eigenvalue weighted by molar-refractivity contribution is 0.0904. The van der Waals surface area contributed by atoms with Gasteiger partial charge in [-0.2, -0.15) is 4.98 Å². The molecule has 0 saturated carbocycles. The van der Waals surface area contributed by atoms with Gasteiger partial charge < -0.3 is 23.8 Å². The summed E-state index contributed by atoms with van der Waals surface area (Å²) >= 11 is 0. The van der Waals surface area contributed by atoms with Crippen molar-refractivity contribution >= 4 is 5.91 Å². The molecule has 1 amide bonds. The number of hydrogen-bond acceptors (Lipinski definition) is 8. The molecule has 0 aliphatic carbocycles. The summed E-state index contributed by atoms with van der Waals surface area (Å²) < 4.78 is 22.0. The summed E-state index contributed by atoms with van der Waals surface area (Å²) in [6, 6.07) is 16.0. The van der Waals surface area contributed by atoms with Gasteiger partial charge in [0.15, 0.2) is 23.0 Å². The molecule has 1 aliphatic rings. The highest BCUT2D eigenvalue weighted by Gasteiger charge is 2.27. The number of amides is 1. The van der Waals surface area contributed by atoms with Crippen LogP contribution in [0.1, 0.15) is 36.3 Å². The van der Waals surface area contributed by atoms with Crippen LogP contribution < -0.4 is 14.8 Å². The fourth-order valence-corrected chi connectivity index (χ4v) is 3.51. The Bertz CT molecular complexity index is 1260. The standard InChI is InChI=1S/C24H22N4O5/c1-14(2)21(24-26-22(28-33-24)15-6-4-3-5-7-15)25-23(29)17-13-19(32-27-17)16-8-9-18-20(12-16)31-11-10-30-18/h3-9,12-14,21H,10-11H2,1-2H3,(H,25,29)/t21-/m0/s1. The van der Waals surface area contributed by atoms with E-state index in [2.05, 4.69) is 20.6 Å². The van der Waals surface area contributed by atoms with Crippen LogP contribution in [0.4, 0.5) is 0 Å². The number of nitrogens with zero attached hydrogens (tertiary/aromatic N) is 3. The average molecular weight is 446 g/mol. The molecule has 9 nitrogen and oxygen atoms in total. The minimum Gasteiger partial charge on any atom is -0.486 e. The molecule has 2 aromatic heterocycles. The van der Waals surface area contributed by atoms with Crippen LogP contribution in [0.3, 0.4) is 0 Å². The Kier molecular flexibility index (Phi) is 5.52. The molecule has 1 aliphatic heterocycles. The highest BCUT2D eigenvalue weighted by Crippen LogP contribution is 2.34. The van der Waals surface area contributed by atoms with Crippen LogP contribution in [0.25, 0.3) is 22.7 Å². The molecule has 0 spiro atoms. The quantitative estimate of drug-likeness (QED) is 0.467. The summed E-state index contributed by atoms with van der Waals surface area (Å²) in [6.45, 7) is 4.92. The molecule has 9 heteroatoms. The van der Waals surface area contributed by atoms with Crippen LogP contribution in [-0.4, -0.2) is 34.4 Å². The summed E-state index contributed by atoms with van der Waals surface area (Å²) in [5.41, 5.74) is 1.71. The molecule has 0 unspecified atom stereocenters. The first-order valence-electron chi connectivity index (χ1n) is 10.6. The van der Waals surface area contributed by atoms with E-state index < -0.39 is 11.9 Å². The van der Waals surface area contributed by atoms with E-state index in [1.54, 1.807) is 18.2 Å². The Morgan fingerprint density at radius 2 is 1.70 bits per heavy atom. The third-order valence-electron chi connectivity index (χ3n) is 5.26. The SMILES string of the molecule is CC(C)[C@H](NC(=O)c1cc(-c2ccc3c(c2)OCCO3)on1)c1nc(-c2ccccc2)no1. The lowest BCUT2D eigenvalue weighted by Gasteiger charge is -2.18. The van der Waals surface area contributed by atoms with Gasteiger partial charge in [-0.15, -0.1) is 0 Å². The second kappa shape index (κ2) is 8.78. The number of nitrogens with one attached hydrogen (secondary N) is 1. The molecule has 3 heterocycles. The van der Waals surface area contributed by atoms with E-state index in [9.17, 15) is 4.79 Å². The van der Waals surface area contributed by atoms with Crippen molar-refractivity contribution in [2.45, 2.75) is 19.9 Å². The fourth-order valence-electron chi connectivity index (χ4n) is 3.51. The third kappa shape index (κ3) is 4.30. The molecule has 33 heavy (non-hydrogen) atoms. The molecular formula is C24H22N4O5. The highest BCUT2D eigenvalue weighted by atomic mass is 16.6. The molecule has 0 saturated heterocycles. The normalized spacial score (nSPS) is 13.7. The predicted molar refractivity (Wildman–Crippen MR) is 118 cm³/mol. The Balaban J connectivity index is 1.33. The van der Waals surface area contributed by atoms with Gasteiger partial charge in [0, 0.05) is 17.2 Å². The van der Waals surface area contributed by atoms with Crippen LogP contribution in [0, 0.1) is 5.92 Å². The van der Waals surface area contributed by atoms with E-state index in [1.165, 1.54) is 0 Å². The first-order valence-corrected chi connectivity index (χ1v) is 10.6. The Morgan fingerprint density at radius 3 is 2.48 bits per heavy atom. The minimum absolute atomic E-state index is 0.00203. The zero-order chi connectivity index (χ0) is 22.8. The first kappa shape index (κ1) is 20.7. The van der Waals surface area contributed by atoms with Crippen LogP contribution in [-0.2, 0) is 0 Å². The number of aromatic nitrogens is 3. The maximum absolute atomic E-state index is 12.9. The van der Waals surface area contributed by atoms with Crippen molar-refractivity contribution in [3.8, 4) is 34.2 Å². The average Bonchev–Trinajstić information content (AvgIpc) is 3.53. The van der Waals surface area contributed by atoms with Crippen molar-refractivity contribution in [1.29, 1.82) is 0 Å². The minimum atomic E-state index is -0.489. The van der Waals surface area contributed by atoms with E-state index >= 15 is 0 Å². The second-order valence-corrected chi connectivity index (χ2v) is 7.95. The molecule has 1 atom stereocenters. The van der Waals surface area contributed by atoms with E-state index in [4.69, 9.17) is 18.5 Å². The summed E-state index contributed by atoms with van der Waals surface area (Å²) in [6.07, 6.45) is 0. The molecule has 2 aromatic carbocycles. The van der Waals surface area contributed by atoms with Gasteiger partial charge in [-0.3, -0.25) is 4.79 Å². The summed E-state index contributed by atoms with van der Waals surface area (Å²) in [4.78, 5) is 17.4. The van der Waals surface area contributed by atoms with Crippen molar-refractivity contribution in [2.24, 2.45) is 5.92 Å². The van der Waals surface area contributed by atoms with Crippen molar-refractivity contribution in [3.63, 3.8) is 0 Å². The van der Waals surface area contributed by atoms with Crippen LogP contribution in [0.2, 0.25) is 0 Å². The van der Waals surface area contributed by atoms with Crippen molar-refractivity contribution in [2.75, 3.05) is 13.2 Å². The molecule has 5 rings (SSSR count). The van der Waals surface area contributed by atoms with Gasteiger partial charge in [0.2, 0.25) is 11.7 Å². The van der Waals surface area contributed by atoms with Crippen LogP contribution in [0.15, 0.2) is 63.6 Å². The molecule has 0 fully saturated rings. The monoisotopic (exact) mass is 446 g/mol. The van der Waals surface area contributed by atoms with Gasteiger partial charge in [-0.25, -0.2) is 0 Å². The maximum atomic E-state index is 12.9. The van der Waals surface area contributed by atoms with Crippen molar-refractivity contribution in [3.05, 3.63) is 66.2 Å². The van der Waals surface area contributed by atoms with Crippen molar-refractivity contribution < 1.29 is 23.3 Å². The number of hydrogen-bond donors (Lipinski definition) is 1. The van der Waals surface area contributed by atoms with Gasteiger partial charge in [-0.1, -0.05) is 54.5 Å². The molecule has 0 bridgehead atoms. The summed E-state index contributed by atoms with van der Waals surface area (Å²) in [5.74, 6) is 2.15. The maximum Gasteiger partial charge on any atom is 0.274 e. The largest absolute Gasteiger partial charge is 0.486 e. The van der Waals surface area contributed by atoms with E-state index in [-0.39, 0.29) is 11.6 Å². The smallest absolute Gasteiger partial charge is 0.274 e. The second-order valence-electron chi connectivity index (χ2n) is 7.95. The van der Waals surface area contributed by atoms with Crippen LogP contribution >= 0.6 is 0 Å². The summed E-state index contributed by atoms with van der Waals surface area (Å²) in [5, 5.41) is 10.9. The van der Waals surface area contributed by atoms with Gasteiger partial charge in [-0.05, 0) is 24.1 Å². The number of rotatable bonds is 6. The molecule has 168 valence electrons. The number of benzene rings is 2. The number of ether oxygens (including phenoxy) is 2. The topological polar surface area (TPSA) is 113 Å². The van der Waals surface area contributed by atoms with E-state index in [1.807, 2.05) is 50.2 Å². The van der Waals surface area contributed by atoms with E-state index in [0.717, 1.165) is 11.1 Å². The van der Waals surface area contributed by atoms with Gasteiger partial charge >= 0.3 is 0 Å². The fraction of sp³-hybridized carbons (Fsp3) is 0.250.